The molecule has 22 heavy (non-hydrogen) atoms. The zero-order valence-corrected chi connectivity index (χ0v) is 13.4. The average Bonchev–Trinajstić information content (AvgIpc) is 2.53. The van der Waals surface area contributed by atoms with Gasteiger partial charge in [0, 0.05) is 29.7 Å². The first-order valence-corrected chi connectivity index (χ1v) is 7.36. The van der Waals surface area contributed by atoms with E-state index < -0.39 is 0 Å². The van der Waals surface area contributed by atoms with Gasteiger partial charge in [0.25, 0.3) is 0 Å². The quantitative estimate of drug-likeness (QED) is 0.743. The topological polar surface area (TPSA) is 9.23 Å². The van der Waals surface area contributed by atoms with Crippen LogP contribution in [-0.2, 0) is 4.74 Å². The molecule has 2 rings (SSSR count). The van der Waals surface area contributed by atoms with Crippen LogP contribution in [0, 0.1) is 31.1 Å². The minimum absolute atomic E-state index is 0.203. The molecule has 0 N–H and O–H groups in total. The molecule has 0 spiro atoms. The van der Waals surface area contributed by atoms with Crippen molar-refractivity contribution in [3.63, 3.8) is 0 Å². The van der Waals surface area contributed by atoms with Crippen LogP contribution in [0.1, 0.15) is 34.8 Å². The third kappa shape index (κ3) is 4.15. The molecule has 0 bridgehead atoms. The van der Waals surface area contributed by atoms with E-state index in [-0.39, 0.29) is 6.10 Å². The molecule has 2 heteroatoms. The Morgan fingerprint density at radius 3 is 2.50 bits per heavy atom. The second kappa shape index (κ2) is 7.71. The molecule has 110 valence electrons. The van der Waals surface area contributed by atoms with Crippen molar-refractivity contribution in [3.8, 4) is 24.2 Å². The maximum Gasteiger partial charge on any atom is 0.0942 e. The minimum atomic E-state index is -0.203. The molecule has 1 nitrogen and oxygen atoms in total. The summed E-state index contributed by atoms with van der Waals surface area (Å²) in [6, 6.07) is 13.7. The van der Waals surface area contributed by atoms with E-state index in [2.05, 4.69) is 24.7 Å². The fourth-order valence-electron chi connectivity index (χ4n) is 2.12. The molecule has 0 radical (unpaired) electrons. The summed E-state index contributed by atoms with van der Waals surface area (Å²) in [5.41, 5.74) is 3.99. The minimum Gasteiger partial charge on any atom is -0.376 e. The number of ether oxygens (including phenoxy) is 1. The molecule has 0 saturated carbocycles. The van der Waals surface area contributed by atoms with Crippen LogP contribution in [-0.4, -0.2) is 7.11 Å². The molecule has 2 aromatic rings. The number of aryl methyl sites for hydroxylation is 1. The first-order chi connectivity index (χ1) is 10.6. The lowest BCUT2D eigenvalue weighted by Gasteiger charge is -2.15. The van der Waals surface area contributed by atoms with E-state index in [1.165, 1.54) is 5.56 Å². The molecule has 1 unspecified atom stereocenters. The Hall–Kier alpha value is -2.19. The number of methoxy groups -OCH3 is 1. The van der Waals surface area contributed by atoms with Gasteiger partial charge in [-0.25, -0.2) is 0 Å². The van der Waals surface area contributed by atoms with Gasteiger partial charge in [0.2, 0.25) is 0 Å². The molecule has 0 aliphatic carbocycles. The van der Waals surface area contributed by atoms with Crippen molar-refractivity contribution in [2.24, 2.45) is 0 Å². The highest BCUT2D eigenvalue weighted by Gasteiger charge is 2.13. The highest BCUT2D eigenvalue weighted by Crippen LogP contribution is 2.26. The number of benzene rings is 2. The molecule has 2 aromatic carbocycles. The van der Waals surface area contributed by atoms with Crippen LogP contribution in [0.15, 0.2) is 42.5 Å². The van der Waals surface area contributed by atoms with E-state index >= 15 is 0 Å². The van der Waals surface area contributed by atoms with Crippen LogP contribution in [0.25, 0.3) is 0 Å². The van der Waals surface area contributed by atoms with Crippen LogP contribution >= 0.6 is 11.6 Å². The van der Waals surface area contributed by atoms with Gasteiger partial charge in [0.1, 0.15) is 0 Å². The van der Waals surface area contributed by atoms with Gasteiger partial charge in [0.05, 0.1) is 6.10 Å². The lowest BCUT2D eigenvalue weighted by molar-refractivity contribution is 0.107. The largest absolute Gasteiger partial charge is 0.376 e. The van der Waals surface area contributed by atoms with Gasteiger partial charge in [-0.3, -0.25) is 0 Å². The number of hydrogen-bond donors (Lipinski definition) is 0. The summed E-state index contributed by atoms with van der Waals surface area (Å²) < 4.78 is 5.47. The normalized spacial score (nSPS) is 11.2. The number of halogens is 1. The maximum absolute atomic E-state index is 6.10. The van der Waals surface area contributed by atoms with Crippen LogP contribution in [0.3, 0.4) is 0 Å². The van der Waals surface area contributed by atoms with Crippen molar-refractivity contribution in [1.82, 2.24) is 0 Å². The Balaban J connectivity index is 2.39. The summed E-state index contributed by atoms with van der Waals surface area (Å²) in [7, 11) is 1.64. The Morgan fingerprint density at radius 1 is 1.14 bits per heavy atom. The summed E-state index contributed by atoms with van der Waals surface area (Å²) in [6.45, 7) is 2.05. The summed E-state index contributed by atoms with van der Waals surface area (Å²) >= 11 is 6.10. The monoisotopic (exact) mass is 308 g/mol. The summed E-state index contributed by atoms with van der Waals surface area (Å²) in [6.07, 6.45) is 5.69. The van der Waals surface area contributed by atoms with Gasteiger partial charge >= 0.3 is 0 Å². The van der Waals surface area contributed by atoms with E-state index in [0.29, 0.717) is 11.4 Å². The third-order valence-electron chi connectivity index (χ3n) is 3.34. The molecular formula is C20H17ClO. The van der Waals surface area contributed by atoms with Gasteiger partial charge in [-0.1, -0.05) is 41.1 Å². The predicted octanol–water partition coefficient (Wildman–Crippen LogP) is 4.76. The van der Waals surface area contributed by atoms with Crippen molar-refractivity contribution in [3.05, 3.63) is 69.7 Å². The Morgan fingerprint density at radius 2 is 1.86 bits per heavy atom. The van der Waals surface area contributed by atoms with E-state index in [0.717, 1.165) is 16.7 Å². The molecule has 0 fully saturated rings. The predicted molar refractivity (Wildman–Crippen MR) is 91.8 cm³/mol. The molecule has 0 aliphatic rings. The van der Waals surface area contributed by atoms with Crippen molar-refractivity contribution in [2.75, 3.05) is 7.11 Å². The highest BCUT2D eigenvalue weighted by atomic mass is 35.5. The zero-order valence-electron chi connectivity index (χ0n) is 12.7. The second-order valence-corrected chi connectivity index (χ2v) is 5.42. The van der Waals surface area contributed by atoms with Gasteiger partial charge in [-0.05, 0) is 42.8 Å². The van der Waals surface area contributed by atoms with Crippen molar-refractivity contribution < 1.29 is 4.74 Å². The van der Waals surface area contributed by atoms with E-state index in [1.54, 1.807) is 7.11 Å². The van der Waals surface area contributed by atoms with E-state index in [1.807, 2.05) is 42.5 Å². The fraction of sp³-hybridized carbons (Fsp3) is 0.200. The van der Waals surface area contributed by atoms with Crippen molar-refractivity contribution in [1.29, 1.82) is 0 Å². The fourth-order valence-corrected chi connectivity index (χ4v) is 2.30. The Bertz CT molecular complexity index is 742. The van der Waals surface area contributed by atoms with Crippen LogP contribution in [0.2, 0.25) is 5.02 Å². The molecule has 0 saturated heterocycles. The average molecular weight is 309 g/mol. The lowest BCUT2D eigenvalue weighted by atomic mass is 10.00. The Kier molecular flexibility index (Phi) is 5.68. The zero-order chi connectivity index (χ0) is 15.9. The third-order valence-corrected chi connectivity index (χ3v) is 3.58. The number of rotatable bonds is 3. The van der Waals surface area contributed by atoms with Gasteiger partial charge in [-0.15, -0.1) is 12.3 Å². The number of hydrogen-bond acceptors (Lipinski definition) is 1. The maximum atomic E-state index is 6.10. The lowest BCUT2D eigenvalue weighted by Crippen LogP contribution is -2.03. The van der Waals surface area contributed by atoms with Crippen LogP contribution in [0.5, 0.6) is 0 Å². The SMILES string of the molecule is C#CCC(OC)c1cc(Cl)ccc1C#Cc1ccc(C)cc1. The molecule has 0 amide bonds. The standard InChI is InChI=1S/C20H17ClO/c1-4-5-20(22-3)19-14-18(21)13-12-17(19)11-10-16-8-6-15(2)7-9-16/h1,6-9,12-14,20H,5H2,2-3H3. The molecule has 1 atom stereocenters. The van der Waals surface area contributed by atoms with Crippen LogP contribution in [0.4, 0.5) is 0 Å². The molecule has 0 heterocycles. The van der Waals surface area contributed by atoms with E-state index in [9.17, 15) is 0 Å². The number of terminal acetylenes is 1. The smallest absolute Gasteiger partial charge is 0.0942 e. The van der Waals surface area contributed by atoms with Crippen molar-refractivity contribution in [2.45, 2.75) is 19.4 Å². The van der Waals surface area contributed by atoms with Gasteiger partial charge in [-0.2, -0.15) is 0 Å². The summed E-state index contributed by atoms with van der Waals surface area (Å²) in [4.78, 5) is 0. The second-order valence-electron chi connectivity index (χ2n) is 4.98. The Labute approximate surface area is 137 Å². The van der Waals surface area contributed by atoms with Crippen molar-refractivity contribution >= 4 is 11.6 Å². The molecule has 0 aromatic heterocycles. The first kappa shape index (κ1) is 16.2. The highest BCUT2D eigenvalue weighted by molar-refractivity contribution is 6.30. The van der Waals surface area contributed by atoms with Crippen LogP contribution < -0.4 is 0 Å². The van der Waals surface area contributed by atoms with Gasteiger partial charge < -0.3 is 4.74 Å². The first-order valence-electron chi connectivity index (χ1n) is 6.98. The summed E-state index contributed by atoms with van der Waals surface area (Å²) in [5, 5.41) is 0.648. The summed E-state index contributed by atoms with van der Waals surface area (Å²) in [5.74, 6) is 8.99. The van der Waals surface area contributed by atoms with Gasteiger partial charge in [0.15, 0.2) is 0 Å². The molecule has 0 aliphatic heterocycles. The van der Waals surface area contributed by atoms with E-state index in [4.69, 9.17) is 22.8 Å². The molecular weight excluding hydrogens is 292 g/mol.